The fourth-order valence-electron chi connectivity index (χ4n) is 2.26. The maximum absolute atomic E-state index is 5.96. The van der Waals surface area contributed by atoms with E-state index in [1.807, 2.05) is 6.92 Å². The smallest absolute Gasteiger partial charge is 0.143 e. The van der Waals surface area contributed by atoms with Crippen molar-refractivity contribution >= 4 is 27.6 Å². The highest BCUT2D eigenvalue weighted by Crippen LogP contribution is 2.32. The Morgan fingerprint density at radius 1 is 1.22 bits per heavy atom. The van der Waals surface area contributed by atoms with Crippen LogP contribution < -0.4 is 5.73 Å². The van der Waals surface area contributed by atoms with Crippen LogP contribution in [0.5, 0.6) is 0 Å². The number of aromatic nitrogens is 3. The van der Waals surface area contributed by atoms with Gasteiger partial charge in [-0.2, -0.15) is 4.37 Å². The Balaban J connectivity index is 2.29. The first kappa shape index (κ1) is 11.2. The molecule has 0 aliphatic rings. The number of anilines is 1. The number of rotatable bonds is 1. The van der Waals surface area contributed by atoms with Crippen molar-refractivity contribution < 1.29 is 0 Å². The topological polar surface area (TPSA) is 67.6 Å². The van der Waals surface area contributed by atoms with E-state index < -0.39 is 0 Å². The van der Waals surface area contributed by atoms with E-state index in [0.29, 0.717) is 5.00 Å². The molecule has 1 aromatic carbocycles. The first-order valence-electron chi connectivity index (χ1n) is 5.75. The normalized spacial score (nSPS) is 11.3. The molecule has 0 saturated carbocycles. The van der Waals surface area contributed by atoms with Crippen LogP contribution in [0, 0.1) is 20.8 Å². The van der Waals surface area contributed by atoms with Gasteiger partial charge in [0.1, 0.15) is 10.8 Å². The largest absolute Gasteiger partial charge is 0.389 e. The molecule has 18 heavy (non-hydrogen) atoms. The maximum atomic E-state index is 5.96. The second kappa shape index (κ2) is 3.81. The average molecular weight is 258 g/mol. The number of fused-ring (bicyclic) bond motifs is 1. The Kier molecular flexibility index (Phi) is 2.38. The van der Waals surface area contributed by atoms with Gasteiger partial charge in [-0.25, -0.2) is 4.98 Å². The van der Waals surface area contributed by atoms with E-state index in [1.54, 1.807) is 0 Å². The first-order valence-corrected chi connectivity index (χ1v) is 6.52. The van der Waals surface area contributed by atoms with Crippen molar-refractivity contribution in [2.75, 3.05) is 5.73 Å². The molecule has 4 nitrogen and oxygen atoms in total. The Morgan fingerprint density at radius 2 is 2.00 bits per heavy atom. The number of nitrogens with zero attached hydrogens (tertiary/aromatic N) is 2. The van der Waals surface area contributed by atoms with Crippen molar-refractivity contribution in [2.45, 2.75) is 20.8 Å². The lowest BCUT2D eigenvalue weighted by Gasteiger charge is -1.96. The van der Waals surface area contributed by atoms with Gasteiger partial charge in [0.05, 0.1) is 22.3 Å². The predicted molar refractivity (Wildman–Crippen MR) is 75.8 cm³/mol. The quantitative estimate of drug-likeness (QED) is 0.704. The van der Waals surface area contributed by atoms with Crippen LogP contribution in [0.1, 0.15) is 16.8 Å². The van der Waals surface area contributed by atoms with E-state index in [9.17, 15) is 0 Å². The summed E-state index contributed by atoms with van der Waals surface area (Å²) in [5, 5.41) is 0.709. The summed E-state index contributed by atoms with van der Waals surface area (Å²) in [7, 11) is 0. The van der Waals surface area contributed by atoms with Crippen LogP contribution in [0.3, 0.4) is 0 Å². The highest BCUT2D eigenvalue weighted by molar-refractivity contribution is 7.10. The van der Waals surface area contributed by atoms with Crippen molar-refractivity contribution in [2.24, 2.45) is 0 Å². The van der Waals surface area contributed by atoms with Gasteiger partial charge in [-0.1, -0.05) is 6.07 Å². The summed E-state index contributed by atoms with van der Waals surface area (Å²) < 4.78 is 4.26. The summed E-state index contributed by atoms with van der Waals surface area (Å²) in [6, 6.07) is 4.24. The van der Waals surface area contributed by atoms with Crippen LogP contribution in [0.4, 0.5) is 5.00 Å². The van der Waals surface area contributed by atoms with Crippen molar-refractivity contribution in [3.05, 3.63) is 29.0 Å². The molecule has 0 aliphatic carbocycles. The number of H-pyrrole nitrogens is 1. The van der Waals surface area contributed by atoms with E-state index in [1.165, 1.54) is 22.7 Å². The second-order valence-corrected chi connectivity index (χ2v) is 5.38. The Labute approximate surface area is 109 Å². The molecule has 0 spiro atoms. The van der Waals surface area contributed by atoms with Crippen LogP contribution in [0.15, 0.2) is 12.1 Å². The SMILES string of the molecule is Cc1cc(C)c2nc(-c3c(C)nsc3N)[nH]c2c1. The molecule has 0 amide bonds. The van der Waals surface area contributed by atoms with Crippen molar-refractivity contribution in [1.82, 2.24) is 14.3 Å². The zero-order valence-corrected chi connectivity index (χ0v) is 11.4. The molecule has 0 radical (unpaired) electrons. The van der Waals surface area contributed by atoms with E-state index in [2.05, 4.69) is 40.3 Å². The molecule has 0 aliphatic heterocycles. The lowest BCUT2D eigenvalue weighted by atomic mass is 10.1. The summed E-state index contributed by atoms with van der Waals surface area (Å²) >= 11 is 1.31. The summed E-state index contributed by atoms with van der Waals surface area (Å²) in [5.41, 5.74) is 12.3. The lowest BCUT2D eigenvalue weighted by Crippen LogP contribution is -1.87. The minimum atomic E-state index is 0.709. The van der Waals surface area contributed by atoms with Gasteiger partial charge in [-0.15, -0.1) is 0 Å². The van der Waals surface area contributed by atoms with Crippen LogP contribution >= 0.6 is 11.5 Å². The molecule has 92 valence electrons. The number of hydrogen-bond acceptors (Lipinski definition) is 4. The highest BCUT2D eigenvalue weighted by Gasteiger charge is 2.15. The standard InChI is InChI=1S/C13H14N4S/c1-6-4-7(2)11-9(5-6)15-13(16-11)10-8(3)17-18-12(10)14/h4-5H,14H2,1-3H3,(H,15,16). The third-order valence-corrected chi connectivity index (χ3v) is 3.81. The molecule has 0 saturated heterocycles. The Morgan fingerprint density at radius 3 is 2.67 bits per heavy atom. The minimum Gasteiger partial charge on any atom is -0.389 e. The van der Waals surface area contributed by atoms with E-state index in [-0.39, 0.29) is 0 Å². The van der Waals surface area contributed by atoms with Gasteiger partial charge in [0.2, 0.25) is 0 Å². The lowest BCUT2D eigenvalue weighted by molar-refractivity contribution is 1.28. The number of imidazole rings is 1. The number of aromatic amines is 1. The van der Waals surface area contributed by atoms with Gasteiger partial charge < -0.3 is 10.7 Å². The number of aryl methyl sites for hydroxylation is 3. The molecule has 0 atom stereocenters. The average Bonchev–Trinajstić information content (AvgIpc) is 2.82. The zero-order valence-electron chi connectivity index (χ0n) is 10.5. The first-order chi connectivity index (χ1) is 8.56. The molecule has 0 unspecified atom stereocenters. The maximum Gasteiger partial charge on any atom is 0.143 e. The molecule has 0 fully saturated rings. The van der Waals surface area contributed by atoms with E-state index in [0.717, 1.165) is 28.1 Å². The highest BCUT2D eigenvalue weighted by atomic mass is 32.1. The fraction of sp³-hybridized carbons (Fsp3) is 0.231. The van der Waals surface area contributed by atoms with Crippen LogP contribution in [0.25, 0.3) is 22.4 Å². The summed E-state index contributed by atoms with van der Waals surface area (Å²) in [6.45, 7) is 6.11. The minimum absolute atomic E-state index is 0.709. The Bertz CT molecular complexity index is 719. The van der Waals surface area contributed by atoms with Crippen molar-refractivity contribution in [3.8, 4) is 11.4 Å². The molecular weight excluding hydrogens is 244 g/mol. The molecule has 3 rings (SSSR count). The molecule has 2 aromatic heterocycles. The number of nitrogens with two attached hydrogens (primary N) is 1. The fourth-order valence-corrected chi connectivity index (χ4v) is 2.93. The van der Waals surface area contributed by atoms with Gasteiger partial charge >= 0.3 is 0 Å². The number of nitrogens with one attached hydrogen (secondary N) is 1. The molecule has 3 aromatic rings. The zero-order chi connectivity index (χ0) is 12.9. The second-order valence-electron chi connectivity index (χ2n) is 4.57. The van der Waals surface area contributed by atoms with Crippen LogP contribution in [-0.4, -0.2) is 14.3 Å². The van der Waals surface area contributed by atoms with Gasteiger partial charge in [-0.05, 0) is 49.5 Å². The van der Waals surface area contributed by atoms with Crippen molar-refractivity contribution in [1.29, 1.82) is 0 Å². The third-order valence-electron chi connectivity index (χ3n) is 3.05. The number of benzene rings is 1. The van der Waals surface area contributed by atoms with Gasteiger partial charge in [0.25, 0.3) is 0 Å². The monoisotopic (exact) mass is 258 g/mol. The molecule has 3 N–H and O–H groups in total. The Hall–Kier alpha value is -1.88. The molecule has 0 bridgehead atoms. The molecule has 2 heterocycles. The molecule has 5 heteroatoms. The van der Waals surface area contributed by atoms with Gasteiger partial charge in [-0.3, -0.25) is 0 Å². The van der Waals surface area contributed by atoms with Crippen LogP contribution in [-0.2, 0) is 0 Å². The summed E-state index contributed by atoms with van der Waals surface area (Å²) in [5.74, 6) is 0.808. The molecular formula is C13H14N4S. The predicted octanol–water partition coefficient (Wildman–Crippen LogP) is 3.19. The number of nitrogen functional groups attached to an aromatic ring is 1. The van der Waals surface area contributed by atoms with Gasteiger partial charge in [0, 0.05) is 0 Å². The van der Waals surface area contributed by atoms with E-state index in [4.69, 9.17) is 5.73 Å². The summed E-state index contributed by atoms with van der Waals surface area (Å²) in [4.78, 5) is 7.99. The summed E-state index contributed by atoms with van der Waals surface area (Å²) in [6.07, 6.45) is 0. The van der Waals surface area contributed by atoms with Gasteiger partial charge in [0.15, 0.2) is 0 Å². The third kappa shape index (κ3) is 1.59. The van der Waals surface area contributed by atoms with Crippen LogP contribution in [0.2, 0.25) is 0 Å². The number of hydrogen-bond donors (Lipinski definition) is 2. The van der Waals surface area contributed by atoms with Crippen molar-refractivity contribution in [3.63, 3.8) is 0 Å². The van der Waals surface area contributed by atoms with E-state index >= 15 is 0 Å².